The second-order valence-corrected chi connectivity index (χ2v) is 8.08. The summed E-state index contributed by atoms with van der Waals surface area (Å²) in [5.74, 6) is 7.18. The molecule has 3 aromatic rings. The molecular weight excluding hydrogens is 354 g/mol. The standard InChI is InChI=1S/C22H29N3O3/c1-22(2,3)13-18(28-14-15-9-7-6-8-10-15)16-11-12-17(26-4)20-19(16)21(27-5)25(23)24-20/h6-12,18H,13-14,23H2,1-5H3. The minimum Gasteiger partial charge on any atom is -0.494 e. The zero-order valence-electron chi connectivity index (χ0n) is 17.2. The quantitative estimate of drug-likeness (QED) is 0.610. The maximum Gasteiger partial charge on any atom is 0.240 e. The van der Waals surface area contributed by atoms with Crippen molar-refractivity contribution in [2.45, 2.75) is 39.9 Å². The molecule has 6 nitrogen and oxygen atoms in total. The number of nitrogen functional groups attached to an aromatic ring is 1. The predicted octanol–water partition coefficient (Wildman–Crippen LogP) is 4.46. The highest BCUT2D eigenvalue weighted by atomic mass is 16.5. The predicted molar refractivity (Wildman–Crippen MR) is 111 cm³/mol. The van der Waals surface area contributed by atoms with Crippen molar-refractivity contribution in [3.63, 3.8) is 0 Å². The van der Waals surface area contributed by atoms with Crippen molar-refractivity contribution in [3.05, 3.63) is 53.6 Å². The van der Waals surface area contributed by atoms with Crippen molar-refractivity contribution in [1.82, 2.24) is 9.89 Å². The highest BCUT2D eigenvalue weighted by Crippen LogP contribution is 2.41. The van der Waals surface area contributed by atoms with Crippen LogP contribution in [-0.2, 0) is 11.3 Å². The van der Waals surface area contributed by atoms with Crippen LogP contribution in [-0.4, -0.2) is 24.1 Å². The molecule has 28 heavy (non-hydrogen) atoms. The van der Waals surface area contributed by atoms with Gasteiger partial charge in [0.2, 0.25) is 5.88 Å². The fraction of sp³-hybridized carbons (Fsp3) is 0.409. The van der Waals surface area contributed by atoms with E-state index < -0.39 is 0 Å². The van der Waals surface area contributed by atoms with Gasteiger partial charge in [0.05, 0.1) is 32.3 Å². The summed E-state index contributed by atoms with van der Waals surface area (Å²) in [5.41, 5.74) is 2.86. The molecule has 0 aliphatic rings. The lowest BCUT2D eigenvalue weighted by Crippen LogP contribution is -2.15. The number of hydrogen-bond donors (Lipinski definition) is 1. The van der Waals surface area contributed by atoms with Gasteiger partial charge in [-0.05, 0) is 29.0 Å². The van der Waals surface area contributed by atoms with Gasteiger partial charge in [-0.2, -0.15) is 0 Å². The van der Waals surface area contributed by atoms with Gasteiger partial charge in [0.25, 0.3) is 0 Å². The van der Waals surface area contributed by atoms with E-state index in [4.69, 9.17) is 20.1 Å². The highest BCUT2D eigenvalue weighted by Gasteiger charge is 2.27. The summed E-state index contributed by atoms with van der Waals surface area (Å²) in [6.07, 6.45) is 0.687. The Morgan fingerprint density at radius 3 is 2.36 bits per heavy atom. The van der Waals surface area contributed by atoms with Gasteiger partial charge in [0.15, 0.2) is 0 Å². The highest BCUT2D eigenvalue weighted by molar-refractivity contribution is 5.92. The van der Waals surface area contributed by atoms with Gasteiger partial charge < -0.3 is 20.1 Å². The van der Waals surface area contributed by atoms with Crippen molar-refractivity contribution >= 4 is 10.9 Å². The first-order valence-electron chi connectivity index (χ1n) is 9.38. The summed E-state index contributed by atoms with van der Waals surface area (Å²) in [7, 11) is 3.21. The van der Waals surface area contributed by atoms with Crippen LogP contribution in [0.1, 0.15) is 44.4 Å². The molecule has 0 saturated heterocycles. The van der Waals surface area contributed by atoms with Gasteiger partial charge in [-0.1, -0.05) is 57.2 Å². The fourth-order valence-corrected chi connectivity index (χ4v) is 3.39. The van der Waals surface area contributed by atoms with E-state index in [1.54, 1.807) is 14.2 Å². The molecule has 1 unspecified atom stereocenters. The fourth-order valence-electron chi connectivity index (χ4n) is 3.39. The van der Waals surface area contributed by atoms with E-state index in [1.807, 2.05) is 30.3 Å². The average molecular weight is 383 g/mol. The number of rotatable bonds is 7. The number of methoxy groups -OCH3 is 2. The summed E-state index contributed by atoms with van der Waals surface area (Å²) < 4.78 is 17.4. The van der Waals surface area contributed by atoms with Crippen LogP contribution in [0.25, 0.3) is 10.9 Å². The van der Waals surface area contributed by atoms with E-state index in [2.05, 4.69) is 38.0 Å². The normalized spacial score (nSPS) is 12.9. The number of aromatic nitrogens is 2. The van der Waals surface area contributed by atoms with Gasteiger partial charge in [0, 0.05) is 0 Å². The third-order valence-corrected chi connectivity index (χ3v) is 4.65. The third kappa shape index (κ3) is 4.22. The number of benzene rings is 2. The number of hydrogen-bond acceptors (Lipinski definition) is 5. The van der Waals surface area contributed by atoms with Crippen LogP contribution in [0.2, 0.25) is 0 Å². The molecule has 0 spiro atoms. The molecule has 150 valence electrons. The molecule has 0 bridgehead atoms. The van der Waals surface area contributed by atoms with E-state index in [0.717, 1.165) is 22.9 Å². The molecule has 2 aromatic carbocycles. The Morgan fingerprint density at radius 1 is 1.04 bits per heavy atom. The van der Waals surface area contributed by atoms with Crippen molar-refractivity contribution in [3.8, 4) is 11.6 Å². The Morgan fingerprint density at radius 2 is 1.75 bits per heavy atom. The molecule has 3 rings (SSSR count). The van der Waals surface area contributed by atoms with E-state index in [0.29, 0.717) is 23.8 Å². The minimum atomic E-state index is -0.147. The molecule has 2 N–H and O–H groups in total. The first-order valence-corrected chi connectivity index (χ1v) is 9.38. The SMILES string of the molecule is COc1ccc(C(CC(C)(C)C)OCc2ccccc2)c2c(OC)n(N)nc12. The van der Waals surface area contributed by atoms with Crippen molar-refractivity contribution in [2.24, 2.45) is 5.41 Å². The molecule has 0 fully saturated rings. The smallest absolute Gasteiger partial charge is 0.240 e. The van der Waals surface area contributed by atoms with Crippen LogP contribution < -0.4 is 15.3 Å². The maximum atomic E-state index is 6.41. The van der Waals surface area contributed by atoms with Crippen LogP contribution in [0.5, 0.6) is 11.6 Å². The van der Waals surface area contributed by atoms with Crippen molar-refractivity contribution < 1.29 is 14.2 Å². The monoisotopic (exact) mass is 383 g/mol. The second-order valence-electron chi connectivity index (χ2n) is 8.08. The topological polar surface area (TPSA) is 71.5 Å². The van der Waals surface area contributed by atoms with Crippen LogP contribution >= 0.6 is 0 Å². The molecule has 1 aromatic heterocycles. The second kappa shape index (κ2) is 8.10. The summed E-state index contributed by atoms with van der Waals surface area (Å²) in [6.45, 7) is 7.14. The van der Waals surface area contributed by atoms with Crippen molar-refractivity contribution in [2.75, 3.05) is 20.1 Å². The summed E-state index contributed by atoms with van der Waals surface area (Å²) >= 11 is 0. The van der Waals surface area contributed by atoms with E-state index in [9.17, 15) is 0 Å². The number of nitrogens with zero attached hydrogens (tertiary/aromatic N) is 2. The van der Waals surface area contributed by atoms with Crippen LogP contribution in [0.4, 0.5) is 0 Å². The molecule has 0 radical (unpaired) electrons. The van der Waals surface area contributed by atoms with Crippen LogP contribution in [0, 0.1) is 5.41 Å². The maximum absolute atomic E-state index is 6.41. The van der Waals surface area contributed by atoms with Gasteiger partial charge in [-0.25, -0.2) is 0 Å². The lowest BCUT2D eigenvalue weighted by Gasteiger charge is -2.27. The molecule has 0 aliphatic heterocycles. The molecule has 0 aliphatic carbocycles. The summed E-state index contributed by atoms with van der Waals surface area (Å²) in [4.78, 5) is 1.25. The molecule has 1 heterocycles. The molecule has 6 heteroatoms. The Balaban J connectivity index is 2.07. The summed E-state index contributed by atoms with van der Waals surface area (Å²) in [5, 5.41) is 5.23. The Bertz CT molecular complexity index is 930. The Labute approximate surface area is 166 Å². The van der Waals surface area contributed by atoms with E-state index in [-0.39, 0.29) is 11.5 Å². The number of nitrogens with two attached hydrogens (primary N) is 1. The van der Waals surface area contributed by atoms with Gasteiger partial charge in [-0.15, -0.1) is 9.89 Å². The zero-order chi connectivity index (χ0) is 20.3. The Hall–Kier alpha value is -2.73. The molecular formula is C22H29N3O3. The minimum absolute atomic E-state index is 0.0690. The number of ether oxygens (including phenoxy) is 3. The average Bonchev–Trinajstić information content (AvgIpc) is 3.00. The van der Waals surface area contributed by atoms with Gasteiger partial charge in [-0.3, -0.25) is 0 Å². The van der Waals surface area contributed by atoms with Crippen LogP contribution in [0.3, 0.4) is 0 Å². The van der Waals surface area contributed by atoms with Gasteiger partial charge in [0.1, 0.15) is 11.3 Å². The van der Waals surface area contributed by atoms with E-state index >= 15 is 0 Å². The summed E-state index contributed by atoms with van der Waals surface area (Å²) in [6, 6.07) is 14.1. The van der Waals surface area contributed by atoms with Crippen molar-refractivity contribution in [1.29, 1.82) is 0 Å². The van der Waals surface area contributed by atoms with E-state index in [1.165, 1.54) is 4.79 Å². The number of fused-ring (bicyclic) bond motifs is 1. The van der Waals surface area contributed by atoms with Gasteiger partial charge >= 0.3 is 0 Å². The third-order valence-electron chi connectivity index (χ3n) is 4.65. The molecule has 0 amide bonds. The Kier molecular flexibility index (Phi) is 5.79. The lowest BCUT2D eigenvalue weighted by molar-refractivity contribution is 0.0138. The van der Waals surface area contributed by atoms with Crippen LogP contribution in [0.15, 0.2) is 42.5 Å². The molecule has 0 saturated carbocycles. The largest absolute Gasteiger partial charge is 0.494 e. The zero-order valence-corrected chi connectivity index (χ0v) is 17.2. The first-order chi connectivity index (χ1) is 13.3. The lowest BCUT2D eigenvalue weighted by atomic mass is 9.86. The molecule has 1 atom stereocenters. The first kappa shape index (κ1) is 20.0.